The molecular weight excluding hydrogens is 340 g/mol. The maximum atomic E-state index is 12.2. The number of carbonyl (C=O) groups is 1. The summed E-state index contributed by atoms with van der Waals surface area (Å²) in [5.74, 6) is 0.214. The molecule has 0 saturated heterocycles. The minimum atomic E-state index is -0.208. The number of aliphatic hydroxyl groups excluding tert-OH is 1. The predicted octanol–water partition coefficient (Wildman–Crippen LogP) is 3.44. The monoisotopic (exact) mass is 366 g/mol. The second kappa shape index (κ2) is 8.34. The first-order valence-corrected chi connectivity index (χ1v) is 9.73. The SMILES string of the molecule is O=C1CC(OCc2ccccc2)C1Cc1ccccc1CO[C@H]1C[C@@H](O)C1. The van der Waals surface area contributed by atoms with E-state index in [1.165, 1.54) is 0 Å². The normalized spacial score (nSPS) is 27.1. The molecule has 2 aromatic rings. The molecule has 0 aromatic heterocycles. The van der Waals surface area contributed by atoms with Gasteiger partial charge in [0.05, 0.1) is 31.5 Å². The average molecular weight is 366 g/mol. The Labute approximate surface area is 160 Å². The zero-order chi connectivity index (χ0) is 18.6. The number of ketones is 1. The Bertz CT molecular complexity index is 767. The molecule has 27 heavy (non-hydrogen) atoms. The quantitative estimate of drug-likeness (QED) is 0.778. The number of ether oxygens (including phenoxy) is 2. The molecule has 0 heterocycles. The van der Waals surface area contributed by atoms with Gasteiger partial charge in [0, 0.05) is 12.3 Å². The van der Waals surface area contributed by atoms with E-state index in [1.807, 2.05) is 42.5 Å². The van der Waals surface area contributed by atoms with E-state index < -0.39 is 0 Å². The van der Waals surface area contributed by atoms with Crippen molar-refractivity contribution in [2.24, 2.45) is 5.92 Å². The molecule has 2 unspecified atom stereocenters. The summed E-state index contributed by atoms with van der Waals surface area (Å²) in [5.41, 5.74) is 3.41. The van der Waals surface area contributed by atoms with Gasteiger partial charge in [-0.1, -0.05) is 54.6 Å². The number of carbonyl (C=O) groups excluding carboxylic acids is 1. The van der Waals surface area contributed by atoms with Crippen LogP contribution in [0.5, 0.6) is 0 Å². The van der Waals surface area contributed by atoms with Gasteiger partial charge in [0.25, 0.3) is 0 Å². The summed E-state index contributed by atoms with van der Waals surface area (Å²) >= 11 is 0. The zero-order valence-electron chi connectivity index (χ0n) is 15.4. The van der Waals surface area contributed by atoms with Crippen LogP contribution in [-0.4, -0.2) is 29.2 Å². The highest BCUT2D eigenvalue weighted by Crippen LogP contribution is 2.32. The molecule has 4 heteroatoms. The zero-order valence-corrected chi connectivity index (χ0v) is 15.4. The fourth-order valence-corrected chi connectivity index (χ4v) is 3.75. The van der Waals surface area contributed by atoms with Gasteiger partial charge in [0.1, 0.15) is 5.78 Å². The highest BCUT2D eigenvalue weighted by Gasteiger charge is 2.40. The average Bonchev–Trinajstić information content (AvgIpc) is 2.67. The highest BCUT2D eigenvalue weighted by atomic mass is 16.5. The molecule has 0 aliphatic heterocycles. The van der Waals surface area contributed by atoms with Crippen LogP contribution in [0.3, 0.4) is 0 Å². The van der Waals surface area contributed by atoms with Gasteiger partial charge in [-0.25, -0.2) is 0 Å². The van der Waals surface area contributed by atoms with Crippen LogP contribution in [0.15, 0.2) is 54.6 Å². The lowest BCUT2D eigenvalue weighted by Gasteiger charge is -2.35. The molecule has 0 radical (unpaired) electrons. The van der Waals surface area contributed by atoms with E-state index >= 15 is 0 Å². The molecule has 2 aromatic carbocycles. The van der Waals surface area contributed by atoms with Crippen LogP contribution in [0.4, 0.5) is 0 Å². The smallest absolute Gasteiger partial charge is 0.141 e. The molecule has 2 aliphatic rings. The third-order valence-electron chi connectivity index (χ3n) is 5.67. The number of hydrogen-bond acceptors (Lipinski definition) is 4. The summed E-state index contributed by atoms with van der Waals surface area (Å²) < 4.78 is 11.9. The first kappa shape index (κ1) is 18.4. The molecule has 0 spiro atoms. The maximum Gasteiger partial charge on any atom is 0.141 e. The standard InChI is InChI=1S/C23H26O4/c24-19-11-20(12-19)26-15-18-9-5-4-8-17(18)10-21-22(25)13-23(21)27-14-16-6-2-1-3-7-16/h1-9,19-21,23-24H,10-15H2/t19-,20+,21?,23?. The third-order valence-corrected chi connectivity index (χ3v) is 5.67. The van der Waals surface area contributed by atoms with Crippen LogP contribution < -0.4 is 0 Å². The van der Waals surface area contributed by atoms with Gasteiger partial charge in [-0.05, 0) is 36.0 Å². The largest absolute Gasteiger partial charge is 0.393 e. The van der Waals surface area contributed by atoms with Crippen molar-refractivity contribution in [2.45, 2.75) is 57.2 Å². The first-order chi connectivity index (χ1) is 13.2. The number of benzene rings is 2. The molecule has 2 fully saturated rings. The molecule has 0 bridgehead atoms. The summed E-state index contributed by atoms with van der Waals surface area (Å²) in [6.07, 6.45) is 2.59. The maximum absolute atomic E-state index is 12.2. The fourth-order valence-electron chi connectivity index (χ4n) is 3.75. The lowest BCUT2D eigenvalue weighted by Crippen LogP contribution is -2.45. The van der Waals surface area contributed by atoms with Gasteiger partial charge in [0.15, 0.2) is 0 Å². The predicted molar refractivity (Wildman–Crippen MR) is 102 cm³/mol. The molecule has 0 amide bonds. The van der Waals surface area contributed by atoms with Crippen molar-refractivity contribution < 1.29 is 19.4 Å². The Kier molecular flexibility index (Phi) is 5.67. The van der Waals surface area contributed by atoms with Crippen LogP contribution in [-0.2, 0) is 33.9 Å². The van der Waals surface area contributed by atoms with Gasteiger partial charge >= 0.3 is 0 Å². The van der Waals surface area contributed by atoms with Gasteiger partial charge in [-0.3, -0.25) is 4.79 Å². The molecule has 142 valence electrons. The van der Waals surface area contributed by atoms with E-state index in [0.29, 0.717) is 26.1 Å². The summed E-state index contributed by atoms with van der Waals surface area (Å²) in [6.45, 7) is 1.08. The topological polar surface area (TPSA) is 55.8 Å². The second-order valence-electron chi connectivity index (χ2n) is 7.64. The Morgan fingerprint density at radius 3 is 2.30 bits per heavy atom. The molecule has 2 aliphatic carbocycles. The van der Waals surface area contributed by atoms with Crippen molar-refractivity contribution in [3.05, 3.63) is 71.3 Å². The Balaban J connectivity index is 1.34. The number of aliphatic hydroxyl groups is 1. The van der Waals surface area contributed by atoms with Crippen LogP contribution in [0.2, 0.25) is 0 Å². The molecule has 2 saturated carbocycles. The summed E-state index contributed by atoms with van der Waals surface area (Å²) in [6, 6.07) is 18.2. The van der Waals surface area contributed by atoms with Gasteiger partial charge in [0.2, 0.25) is 0 Å². The molecule has 1 N–H and O–H groups in total. The first-order valence-electron chi connectivity index (χ1n) is 9.73. The second-order valence-corrected chi connectivity index (χ2v) is 7.64. The lowest BCUT2D eigenvalue weighted by molar-refractivity contribution is -0.146. The van der Waals surface area contributed by atoms with Crippen LogP contribution in [0, 0.1) is 5.92 Å². The highest BCUT2D eigenvalue weighted by molar-refractivity contribution is 5.88. The van der Waals surface area contributed by atoms with E-state index in [9.17, 15) is 9.90 Å². The minimum Gasteiger partial charge on any atom is -0.393 e. The summed E-state index contributed by atoms with van der Waals surface area (Å²) in [4.78, 5) is 12.2. The number of Topliss-reactive ketones (excluding diaryl/α,β-unsaturated/α-hetero) is 1. The van der Waals surface area contributed by atoms with Gasteiger partial charge in [-0.2, -0.15) is 0 Å². The molecule has 2 atom stereocenters. The Hall–Kier alpha value is -2.01. The summed E-state index contributed by atoms with van der Waals surface area (Å²) in [5, 5.41) is 9.39. The third kappa shape index (κ3) is 4.46. The van der Waals surface area contributed by atoms with Crippen molar-refractivity contribution in [1.82, 2.24) is 0 Å². The van der Waals surface area contributed by atoms with E-state index in [0.717, 1.165) is 29.5 Å². The van der Waals surface area contributed by atoms with Crippen LogP contribution >= 0.6 is 0 Å². The van der Waals surface area contributed by atoms with Crippen molar-refractivity contribution in [1.29, 1.82) is 0 Å². The molecule has 4 nitrogen and oxygen atoms in total. The Morgan fingerprint density at radius 1 is 0.889 bits per heavy atom. The number of rotatable bonds is 8. The van der Waals surface area contributed by atoms with Crippen molar-refractivity contribution in [3.8, 4) is 0 Å². The van der Waals surface area contributed by atoms with Crippen LogP contribution in [0.1, 0.15) is 36.0 Å². The van der Waals surface area contributed by atoms with E-state index in [2.05, 4.69) is 12.1 Å². The van der Waals surface area contributed by atoms with E-state index in [4.69, 9.17) is 9.47 Å². The minimum absolute atomic E-state index is 0.00606. The van der Waals surface area contributed by atoms with Gasteiger partial charge < -0.3 is 14.6 Å². The number of hydrogen-bond donors (Lipinski definition) is 1. The van der Waals surface area contributed by atoms with Crippen molar-refractivity contribution >= 4 is 5.78 Å². The van der Waals surface area contributed by atoms with Crippen molar-refractivity contribution in [3.63, 3.8) is 0 Å². The molecule has 4 rings (SSSR count). The van der Waals surface area contributed by atoms with E-state index in [1.54, 1.807) is 0 Å². The Morgan fingerprint density at radius 2 is 1.59 bits per heavy atom. The van der Waals surface area contributed by atoms with Crippen LogP contribution in [0.25, 0.3) is 0 Å². The lowest BCUT2D eigenvalue weighted by atomic mass is 9.76. The van der Waals surface area contributed by atoms with Crippen molar-refractivity contribution in [2.75, 3.05) is 0 Å². The fraction of sp³-hybridized carbons (Fsp3) is 0.435. The van der Waals surface area contributed by atoms with E-state index in [-0.39, 0.29) is 30.0 Å². The summed E-state index contributed by atoms with van der Waals surface area (Å²) in [7, 11) is 0. The molecular formula is C23H26O4. The van der Waals surface area contributed by atoms with Gasteiger partial charge in [-0.15, -0.1) is 0 Å².